The average Bonchev–Trinajstić information content (AvgIpc) is 3.18. The number of ether oxygens (including phenoxy) is 2. The van der Waals surface area contributed by atoms with Gasteiger partial charge in [0.2, 0.25) is 5.91 Å². The van der Waals surface area contributed by atoms with Crippen LogP contribution in [0.15, 0.2) is 4.99 Å². The van der Waals surface area contributed by atoms with Gasteiger partial charge in [0.05, 0.1) is 11.7 Å². The quantitative estimate of drug-likeness (QED) is 0.324. The minimum absolute atomic E-state index is 0. The van der Waals surface area contributed by atoms with Crippen LogP contribution >= 0.6 is 35.7 Å². The summed E-state index contributed by atoms with van der Waals surface area (Å²) in [4.78, 5) is 18.1. The predicted molar refractivity (Wildman–Crippen MR) is 125 cm³/mol. The number of carbonyl (C=O) groups excluding carboxylic acids is 1. The van der Waals surface area contributed by atoms with Crippen molar-refractivity contribution in [3.05, 3.63) is 0 Å². The van der Waals surface area contributed by atoms with Crippen LogP contribution in [0.5, 0.6) is 0 Å². The van der Waals surface area contributed by atoms with E-state index >= 15 is 0 Å². The third-order valence-electron chi connectivity index (χ3n) is 5.63. The Hall–Kier alpha value is -0.260. The van der Waals surface area contributed by atoms with Crippen LogP contribution < -0.4 is 10.6 Å². The van der Waals surface area contributed by atoms with E-state index in [0.29, 0.717) is 12.0 Å². The molecule has 3 heterocycles. The van der Waals surface area contributed by atoms with Gasteiger partial charge in [-0.25, -0.2) is 4.99 Å². The average molecular weight is 526 g/mol. The molecule has 3 aliphatic rings. The van der Waals surface area contributed by atoms with Gasteiger partial charge in [0, 0.05) is 39.9 Å². The normalized spacial score (nSPS) is 27.1. The molecule has 7 nitrogen and oxygen atoms in total. The van der Waals surface area contributed by atoms with Gasteiger partial charge in [0.15, 0.2) is 5.96 Å². The molecule has 0 aromatic rings. The molecule has 28 heavy (non-hydrogen) atoms. The summed E-state index contributed by atoms with van der Waals surface area (Å²) in [6.45, 7) is 2.51. The van der Waals surface area contributed by atoms with Crippen LogP contribution in [0.2, 0.25) is 0 Å². The summed E-state index contributed by atoms with van der Waals surface area (Å²) in [5, 5.41) is 6.96. The summed E-state index contributed by atoms with van der Waals surface area (Å²) in [7, 11) is 3.52. The number of hydrogen-bond donors (Lipinski definition) is 2. The SMILES string of the molecule is CN(C)C(=O)CN=C(NCC1CCCO1)NC1CCOC2(CCSCC2)C1.I. The predicted octanol–water partition coefficient (Wildman–Crippen LogP) is 1.85. The zero-order chi connectivity index (χ0) is 19.1. The van der Waals surface area contributed by atoms with Crippen LogP contribution in [0.3, 0.4) is 0 Å². The molecule has 162 valence electrons. The second-order valence-corrected chi connectivity index (χ2v) is 9.17. The lowest BCUT2D eigenvalue weighted by Crippen LogP contribution is -2.53. The largest absolute Gasteiger partial charge is 0.376 e. The van der Waals surface area contributed by atoms with Crippen molar-refractivity contribution in [3.63, 3.8) is 0 Å². The van der Waals surface area contributed by atoms with E-state index in [2.05, 4.69) is 15.6 Å². The number of amides is 1. The standard InChI is InChI=1S/C19H34N4O3S.HI/c1-23(2)17(24)14-21-18(20-13-16-4-3-8-25-16)22-15-5-9-26-19(12-15)6-10-27-11-7-19;/h15-16H,3-14H2,1-2H3,(H2,20,21,22);1H. The van der Waals surface area contributed by atoms with E-state index in [9.17, 15) is 4.79 Å². The zero-order valence-electron chi connectivity index (χ0n) is 17.1. The minimum Gasteiger partial charge on any atom is -0.376 e. The highest BCUT2D eigenvalue weighted by Crippen LogP contribution is 2.37. The lowest BCUT2D eigenvalue weighted by atomic mass is 9.85. The molecule has 3 saturated heterocycles. The lowest BCUT2D eigenvalue weighted by Gasteiger charge is -2.43. The maximum atomic E-state index is 12.0. The molecule has 3 fully saturated rings. The van der Waals surface area contributed by atoms with Gasteiger partial charge in [-0.15, -0.1) is 24.0 Å². The molecule has 0 bridgehead atoms. The van der Waals surface area contributed by atoms with E-state index in [1.54, 1.807) is 19.0 Å². The smallest absolute Gasteiger partial charge is 0.243 e. The Bertz CT molecular complexity index is 518. The van der Waals surface area contributed by atoms with Crippen molar-refractivity contribution in [2.75, 3.05) is 51.9 Å². The Balaban J connectivity index is 0.00000280. The molecule has 9 heteroatoms. The number of nitrogens with zero attached hydrogens (tertiary/aromatic N) is 2. The minimum atomic E-state index is 0. The Kier molecular flexibility index (Phi) is 10.1. The molecule has 2 unspecified atom stereocenters. The van der Waals surface area contributed by atoms with Crippen molar-refractivity contribution in [3.8, 4) is 0 Å². The molecule has 1 amide bonds. The van der Waals surface area contributed by atoms with Crippen molar-refractivity contribution in [2.45, 2.75) is 56.3 Å². The number of hydrogen-bond acceptors (Lipinski definition) is 5. The number of aliphatic imine (C=N–C) groups is 1. The number of carbonyl (C=O) groups is 1. The third kappa shape index (κ3) is 7.21. The molecule has 2 N–H and O–H groups in total. The Labute approximate surface area is 190 Å². The van der Waals surface area contributed by atoms with Gasteiger partial charge in [-0.3, -0.25) is 4.79 Å². The topological polar surface area (TPSA) is 75.2 Å². The van der Waals surface area contributed by atoms with Gasteiger partial charge < -0.3 is 25.0 Å². The molecule has 0 radical (unpaired) electrons. The van der Waals surface area contributed by atoms with E-state index in [0.717, 1.165) is 58.3 Å². The summed E-state index contributed by atoms with van der Waals surface area (Å²) in [5.74, 6) is 3.08. The number of nitrogens with one attached hydrogen (secondary N) is 2. The first-order chi connectivity index (χ1) is 13.1. The fourth-order valence-corrected chi connectivity index (χ4v) is 5.13. The van der Waals surface area contributed by atoms with E-state index in [1.807, 2.05) is 11.8 Å². The number of rotatable bonds is 5. The molecule has 0 aromatic carbocycles. The Morgan fingerprint density at radius 1 is 1.25 bits per heavy atom. The number of thioether (sulfide) groups is 1. The number of likely N-dealkylation sites (N-methyl/N-ethyl adjacent to an activating group) is 1. The van der Waals surface area contributed by atoms with Crippen molar-refractivity contribution in [2.24, 2.45) is 4.99 Å². The zero-order valence-corrected chi connectivity index (χ0v) is 20.2. The van der Waals surface area contributed by atoms with Crippen molar-refractivity contribution in [1.82, 2.24) is 15.5 Å². The van der Waals surface area contributed by atoms with Crippen LogP contribution in [-0.2, 0) is 14.3 Å². The second-order valence-electron chi connectivity index (χ2n) is 7.95. The highest BCUT2D eigenvalue weighted by atomic mass is 127. The van der Waals surface area contributed by atoms with E-state index < -0.39 is 0 Å². The first-order valence-electron chi connectivity index (χ1n) is 10.1. The molecule has 2 atom stereocenters. The molecule has 3 aliphatic heterocycles. The van der Waals surface area contributed by atoms with Crippen LogP contribution in [0.25, 0.3) is 0 Å². The maximum absolute atomic E-state index is 12.0. The number of guanidine groups is 1. The maximum Gasteiger partial charge on any atom is 0.243 e. The Morgan fingerprint density at radius 3 is 2.71 bits per heavy atom. The lowest BCUT2D eigenvalue weighted by molar-refractivity contribution is -0.127. The monoisotopic (exact) mass is 526 g/mol. The van der Waals surface area contributed by atoms with Gasteiger partial charge in [0.1, 0.15) is 6.54 Å². The second kappa shape index (κ2) is 11.8. The van der Waals surface area contributed by atoms with Gasteiger partial charge >= 0.3 is 0 Å². The molecule has 0 aliphatic carbocycles. The highest BCUT2D eigenvalue weighted by molar-refractivity contribution is 14.0. The molecule has 3 rings (SSSR count). The molecular formula is C19H35IN4O3S. The summed E-state index contributed by atoms with van der Waals surface area (Å²) < 4.78 is 11.9. The van der Waals surface area contributed by atoms with Crippen LogP contribution in [0, 0.1) is 0 Å². The Morgan fingerprint density at radius 2 is 2.04 bits per heavy atom. The van der Waals surface area contributed by atoms with E-state index in [1.165, 1.54) is 11.5 Å². The summed E-state index contributed by atoms with van der Waals surface area (Å²) in [6, 6.07) is 0.326. The van der Waals surface area contributed by atoms with Gasteiger partial charge in [-0.05, 0) is 50.0 Å². The van der Waals surface area contributed by atoms with Crippen molar-refractivity contribution >= 4 is 47.6 Å². The van der Waals surface area contributed by atoms with Crippen LogP contribution in [0.1, 0.15) is 38.5 Å². The van der Waals surface area contributed by atoms with Crippen LogP contribution in [-0.4, -0.2) is 86.4 Å². The molecular weight excluding hydrogens is 491 g/mol. The fourth-order valence-electron chi connectivity index (χ4n) is 3.89. The summed E-state index contributed by atoms with van der Waals surface area (Å²) >= 11 is 2.02. The number of halogens is 1. The third-order valence-corrected chi connectivity index (χ3v) is 6.62. The molecule has 1 spiro atoms. The first kappa shape index (κ1) is 24.0. The van der Waals surface area contributed by atoms with Gasteiger partial charge in [0.25, 0.3) is 0 Å². The fraction of sp³-hybridized carbons (Fsp3) is 0.895. The van der Waals surface area contributed by atoms with Crippen molar-refractivity contribution < 1.29 is 14.3 Å². The van der Waals surface area contributed by atoms with E-state index in [4.69, 9.17) is 9.47 Å². The van der Waals surface area contributed by atoms with Crippen molar-refractivity contribution in [1.29, 1.82) is 0 Å². The highest BCUT2D eigenvalue weighted by Gasteiger charge is 2.39. The molecule has 0 aromatic heterocycles. The van der Waals surface area contributed by atoms with Gasteiger partial charge in [-0.2, -0.15) is 11.8 Å². The van der Waals surface area contributed by atoms with E-state index in [-0.39, 0.29) is 48.1 Å². The molecule has 0 saturated carbocycles. The first-order valence-corrected chi connectivity index (χ1v) is 11.3. The summed E-state index contributed by atoms with van der Waals surface area (Å²) in [6.07, 6.45) is 6.67. The van der Waals surface area contributed by atoms with Gasteiger partial charge in [-0.1, -0.05) is 0 Å². The van der Waals surface area contributed by atoms with Crippen LogP contribution in [0.4, 0.5) is 0 Å². The summed E-state index contributed by atoms with van der Waals surface area (Å²) in [5.41, 5.74) is 0.0281.